The molecular weight excluding hydrogens is 330 g/mol. The number of rotatable bonds is 5. The molecule has 0 radical (unpaired) electrons. The van der Waals surface area contributed by atoms with Crippen LogP contribution in [-0.4, -0.2) is 56.6 Å². The molecule has 1 aliphatic heterocycles. The lowest BCUT2D eigenvalue weighted by atomic mass is 10.1. The van der Waals surface area contributed by atoms with Gasteiger partial charge in [0.2, 0.25) is 5.91 Å². The van der Waals surface area contributed by atoms with Crippen molar-refractivity contribution in [3.05, 3.63) is 60.2 Å². The normalized spacial score (nSPS) is 14.2. The summed E-state index contributed by atoms with van der Waals surface area (Å²) in [4.78, 5) is 28.8. The van der Waals surface area contributed by atoms with Crippen molar-refractivity contribution in [2.45, 2.75) is 0 Å². The highest BCUT2D eigenvalue weighted by Crippen LogP contribution is 2.20. The summed E-state index contributed by atoms with van der Waals surface area (Å²) < 4.78 is 4.83. The Morgan fingerprint density at radius 3 is 2.31 bits per heavy atom. The number of ether oxygens (including phenoxy) is 1. The van der Waals surface area contributed by atoms with E-state index in [2.05, 4.69) is 22.3 Å². The number of nitrogens with zero attached hydrogens (tertiary/aromatic N) is 2. The van der Waals surface area contributed by atoms with Crippen molar-refractivity contribution in [2.24, 2.45) is 0 Å². The monoisotopic (exact) mass is 353 g/mol. The Kier molecular flexibility index (Phi) is 5.86. The highest BCUT2D eigenvalue weighted by molar-refractivity contribution is 6.04. The van der Waals surface area contributed by atoms with Crippen LogP contribution in [0.1, 0.15) is 10.4 Å². The average molecular weight is 353 g/mol. The Balaban J connectivity index is 1.66. The van der Waals surface area contributed by atoms with E-state index < -0.39 is 0 Å². The first-order valence-corrected chi connectivity index (χ1v) is 8.66. The van der Waals surface area contributed by atoms with Crippen LogP contribution in [0.5, 0.6) is 0 Å². The summed E-state index contributed by atoms with van der Waals surface area (Å²) in [7, 11) is 1.46. The van der Waals surface area contributed by atoms with Crippen LogP contribution in [0.25, 0.3) is 0 Å². The molecule has 0 saturated carbocycles. The molecule has 0 aromatic heterocycles. The second-order valence-corrected chi connectivity index (χ2v) is 6.14. The van der Waals surface area contributed by atoms with E-state index in [0.29, 0.717) is 24.3 Å². The Labute approximate surface area is 153 Å². The average Bonchev–Trinajstić information content (AvgIpc) is 2.69. The molecule has 6 nitrogen and oxygen atoms in total. The first kappa shape index (κ1) is 17.9. The summed E-state index contributed by atoms with van der Waals surface area (Å²) in [5.74, 6) is -0.340. The largest absolute Gasteiger partial charge is 0.375 e. The van der Waals surface area contributed by atoms with Crippen LogP contribution >= 0.6 is 0 Å². The van der Waals surface area contributed by atoms with E-state index in [-0.39, 0.29) is 18.4 Å². The van der Waals surface area contributed by atoms with Crippen molar-refractivity contribution in [3.63, 3.8) is 0 Å². The fraction of sp³-hybridized carbons (Fsp3) is 0.300. The van der Waals surface area contributed by atoms with Gasteiger partial charge >= 0.3 is 0 Å². The molecule has 1 N–H and O–H groups in total. The molecule has 1 saturated heterocycles. The standard InChI is InChI=1S/C20H23N3O3/c1-26-15-19(24)21-18-10-6-5-9-17(18)20(25)23-13-11-22(12-14-23)16-7-3-2-4-8-16/h2-10H,11-15H2,1H3,(H,21,24). The SMILES string of the molecule is COCC(=O)Nc1ccccc1C(=O)N1CCN(c2ccccc2)CC1. The van der Waals surface area contributed by atoms with Crippen LogP contribution in [0.4, 0.5) is 11.4 Å². The van der Waals surface area contributed by atoms with E-state index in [1.807, 2.05) is 23.1 Å². The molecule has 26 heavy (non-hydrogen) atoms. The number of piperazine rings is 1. The van der Waals surface area contributed by atoms with Crippen molar-refractivity contribution in [2.75, 3.05) is 50.1 Å². The number of amides is 2. The van der Waals surface area contributed by atoms with Crippen LogP contribution in [-0.2, 0) is 9.53 Å². The predicted molar refractivity (Wildman–Crippen MR) is 102 cm³/mol. The molecule has 0 bridgehead atoms. The van der Waals surface area contributed by atoms with Crippen LogP contribution in [0.2, 0.25) is 0 Å². The van der Waals surface area contributed by atoms with Gasteiger partial charge in [-0.1, -0.05) is 30.3 Å². The molecule has 2 aromatic rings. The van der Waals surface area contributed by atoms with E-state index in [9.17, 15) is 9.59 Å². The highest BCUT2D eigenvalue weighted by Gasteiger charge is 2.24. The van der Waals surface area contributed by atoms with Crippen molar-refractivity contribution >= 4 is 23.2 Å². The van der Waals surface area contributed by atoms with Gasteiger partial charge in [0, 0.05) is 39.0 Å². The van der Waals surface area contributed by atoms with Crippen molar-refractivity contribution in [1.29, 1.82) is 0 Å². The number of methoxy groups -OCH3 is 1. The van der Waals surface area contributed by atoms with Gasteiger partial charge in [0.1, 0.15) is 6.61 Å². The van der Waals surface area contributed by atoms with Crippen molar-refractivity contribution in [3.8, 4) is 0 Å². The molecule has 0 unspecified atom stereocenters. The molecule has 2 amide bonds. The smallest absolute Gasteiger partial charge is 0.256 e. The van der Waals surface area contributed by atoms with Crippen molar-refractivity contribution < 1.29 is 14.3 Å². The molecule has 2 aromatic carbocycles. The lowest BCUT2D eigenvalue weighted by Crippen LogP contribution is -2.49. The van der Waals surface area contributed by atoms with Gasteiger partial charge in [-0.05, 0) is 24.3 Å². The molecule has 0 aliphatic carbocycles. The Morgan fingerprint density at radius 1 is 0.962 bits per heavy atom. The first-order chi connectivity index (χ1) is 12.7. The van der Waals surface area contributed by atoms with Crippen molar-refractivity contribution in [1.82, 2.24) is 4.90 Å². The van der Waals surface area contributed by atoms with Gasteiger partial charge in [-0.15, -0.1) is 0 Å². The Morgan fingerprint density at radius 2 is 1.62 bits per heavy atom. The number of hydrogen-bond donors (Lipinski definition) is 1. The third-order valence-electron chi connectivity index (χ3n) is 4.40. The summed E-state index contributed by atoms with van der Waals surface area (Å²) in [6.45, 7) is 2.82. The quantitative estimate of drug-likeness (QED) is 0.895. The number of carbonyl (C=O) groups is 2. The third-order valence-corrected chi connectivity index (χ3v) is 4.40. The minimum atomic E-state index is -0.276. The van der Waals surface area contributed by atoms with Gasteiger partial charge in [0.15, 0.2) is 0 Å². The maximum atomic E-state index is 12.9. The zero-order chi connectivity index (χ0) is 18.4. The van der Waals surface area contributed by atoms with E-state index in [1.165, 1.54) is 12.8 Å². The van der Waals surface area contributed by atoms with Gasteiger partial charge in [-0.25, -0.2) is 0 Å². The summed E-state index contributed by atoms with van der Waals surface area (Å²) in [5, 5.41) is 2.74. The first-order valence-electron chi connectivity index (χ1n) is 8.66. The van der Waals surface area contributed by atoms with E-state index in [1.54, 1.807) is 24.3 Å². The van der Waals surface area contributed by atoms with Gasteiger partial charge in [-0.2, -0.15) is 0 Å². The highest BCUT2D eigenvalue weighted by atomic mass is 16.5. The molecule has 0 spiro atoms. The summed E-state index contributed by atoms with van der Waals surface area (Å²) in [5.41, 5.74) is 2.20. The number of para-hydroxylation sites is 2. The zero-order valence-corrected chi connectivity index (χ0v) is 14.9. The minimum Gasteiger partial charge on any atom is -0.375 e. The van der Waals surface area contributed by atoms with E-state index in [4.69, 9.17) is 4.74 Å². The fourth-order valence-corrected chi connectivity index (χ4v) is 3.07. The Hall–Kier alpha value is -2.86. The number of anilines is 2. The predicted octanol–water partition coefficient (Wildman–Crippen LogP) is 2.23. The topological polar surface area (TPSA) is 61.9 Å². The number of hydrogen-bond acceptors (Lipinski definition) is 4. The van der Waals surface area contributed by atoms with E-state index in [0.717, 1.165) is 13.1 Å². The number of nitrogens with one attached hydrogen (secondary N) is 1. The summed E-state index contributed by atoms with van der Waals surface area (Å²) >= 11 is 0. The fourth-order valence-electron chi connectivity index (χ4n) is 3.07. The van der Waals surface area contributed by atoms with Gasteiger partial charge in [-0.3, -0.25) is 9.59 Å². The van der Waals surface area contributed by atoms with Gasteiger partial charge in [0.05, 0.1) is 11.3 Å². The van der Waals surface area contributed by atoms with Gasteiger partial charge < -0.3 is 19.9 Å². The molecular formula is C20H23N3O3. The zero-order valence-electron chi connectivity index (χ0n) is 14.9. The van der Waals surface area contributed by atoms with Crippen LogP contribution in [0, 0.1) is 0 Å². The maximum absolute atomic E-state index is 12.9. The molecule has 3 rings (SSSR count). The lowest BCUT2D eigenvalue weighted by Gasteiger charge is -2.36. The second kappa shape index (κ2) is 8.49. The molecule has 0 atom stereocenters. The summed E-state index contributed by atoms with van der Waals surface area (Å²) in [6.07, 6.45) is 0. The third kappa shape index (κ3) is 4.21. The number of benzene rings is 2. The van der Waals surface area contributed by atoms with Crippen LogP contribution in [0.15, 0.2) is 54.6 Å². The maximum Gasteiger partial charge on any atom is 0.256 e. The van der Waals surface area contributed by atoms with E-state index >= 15 is 0 Å². The molecule has 1 fully saturated rings. The minimum absolute atomic E-state index is 0.0434. The summed E-state index contributed by atoms with van der Waals surface area (Å²) in [6, 6.07) is 17.3. The van der Waals surface area contributed by atoms with Gasteiger partial charge in [0.25, 0.3) is 5.91 Å². The molecule has 6 heteroatoms. The molecule has 136 valence electrons. The second-order valence-electron chi connectivity index (χ2n) is 6.14. The molecule has 1 aliphatic rings. The lowest BCUT2D eigenvalue weighted by molar-refractivity contribution is -0.119. The molecule has 1 heterocycles. The van der Waals surface area contributed by atoms with Crippen LogP contribution in [0.3, 0.4) is 0 Å². The number of carbonyl (C=O) groups excluding carboxylic acids is 2. The Bertz CT molecular complexity index is 756. The van der Waals surface area contributed by atoms with Crippen LogP contribution < -0.4 is 10.2 Å².